The molecule has 2 aliphatic heterocycles. The summed E-state index contributed by atoms with van der Waals surface area (Å²) in [6.45, 7) is 5.08. The Morgan fingerprint density at radius 3 is 1.97 bits per heavy atom. The molecule has 0 bridgehead atoms. The molecule has 2 aliphatic rings. The summed E-state index contributed by atoms with van der Waals surface area (Å²) < 4.78 is 16.7. The maximum atomic E-state index is 13.4. The van der Waals surface area contributed by atoms with Crippen molar-refractivity contribution in [2.75, 3.05) is 40.4 Å². The van der Waals surface area contributed by atoms with Crippen LogP contribution in [0.2, 0.25) is 0 Å². The first-order valence-electron chi connectivity index (χ1n) is 11.0. The highest BCUT2D eigenvalue weighted by molar-refractivity contribution is 5.87. The molecule has 1 amide bonds. The number of amides is 1. The second kappa shape index (κ2) is 10.7. The van der Waals surface area contributed by atoms with E-state index in [1.54, 1.807) is 0 Å². The lowest BCUT2D eigenvalue weighted by Crippen LogP contribution is -2.47. The Balaban J connectivity index is 1.83. The molecule has 1 atom stereocenters. The number of rotatable bonds is 7. The zero-order chi connectivity index (χ0) is 21.5. The van der Waals surface area contributed by atoms with Crippen molar-refractivity contribution in [3.05, 3.63) is 17.7 Å². The van der Waals surface area contributed by atoms with Gasteiger partial charge >= 0.3 is 5.97 Å². The minimum atomic E-state index is -0.605. The molecular formula is C23H34N2O5. The number of esters is 1. The van der Waals surface area contributed by atoms with Crippen LogP contribution >= 0.6 is 0 Å². The van der Waals surface area contributed by atoms with Crippen molar-refractivity contribution < 1.29 is 23.8 Å². The molecule has 0 aliphatic carbocycles. The SMILES string of the molecule is COc1cc(C)cc(OC)c1OC(=O)C(CC(=O)N1CCCC1)N1CCCCCC1. The van der Waals surface area contributed by atoms with Gasteiger partial charge in [0.15, 0.2) is 11.5 Å². The minimum absolute atomic E-state index is 0.0292. The molecule has 166 valence electrons. The quantitative estimate of drug-likeness (QED) is 0.500. The molecule has 1 aromatic rings. The average Bonchev–Trinajstić information content (AvgIpc) is 3.16. The van der Waals surface area contributed by atoms with E-state index in [-0.39, 0.29) is 18.1 Å². The van der Waals surface area contributed by atoms with E-state index in [0.29, 0.717) is 11.5 Å². The largest absolute Gasteiger partial charge is 0.493 e. The lowest BCUT2D eigenvalue weighted by Gasteiger charge is -2.30. The molecule has 3 rings (SSSR count). The molecule has 0 radical (unpaired) electrons. The van der Waals surface area contributed by atoms with Crippen molar-refractivity contribution >= 4 is 11.9 Å². The van der Waals surface area contributed by atoms with E-state index in [9.17, 15) is 9.59 Å². The molecule has 0 N–H and O–H groups in total. The summed E-state index contributed by atoms with van der Waals surface area (Å²) >= 11 is 0. The monoisotopic (exact) mass is 418 g/mol. The standard InChI is InChI=1S/C23H34N2O5/c1-17-14-19(28-2)22(20(15-17)29-3)30-23(27)18(24-10-6-4-5-7-11-24)16-21(26)25-12-8-9-13-25/h14-15,18H,4-13,16H2,1-3H3. The van der Waals surface area contributed by atoms with Gasteiger partial charge in [-0.25, -0.2) is 4.79 Å². The lowest BCUT2D eigenvalue weighted by molar-refractivity contribution is -0.145. The van der Waals surface area contributed by atoms with Crippen molar-refractivity contribution in [2.24, 2.45) is 0 Å². The van der Waals surface area contributed by atoms with E-state index in [1.807, 2.05) is 24.0 Å². The number of carbonyl (C=O) groups excluding carboxylic acids is 2. The van der Waals surface area contributed by atoms with Crippen LogP contribution in [0.3, 0.4) is 0 Å². The molecule has 2 heterocycles. The maximum absolute atomic E-state index is 13.4. The van der Waals surface area contributed by atoms with Crippen LogP contribution in [0.25, 0.3) is 0 Å². The Bertz CT molecular complexity index is 712. The van der Waals surface area contributed by atoms with Gasteiger partial charge in [-0.3, -0.25) is 9.69 Å². The minimum Gasteiger partial charge on any atom is -0.493 e. The van der Waals surface area contributed by atoms with Crippen LogP contribution in [0.5, 0.6) is 17.2 Å². The maximum Gasteiger partial charge on any atom is 0.329 e. The molecule has 1 aromatic carbocycles. The Hall–Kier alpha value is -2.28. The molecule has 30 heavy (non-hydrogen) atoms. The first-order chi connectivity index (χ1) is 14.5. The molecule has 0 saturated carbocycles. The predicted molar refractivity (Wildman–Crippen MR) is 114 cm³/mol. The summed E-state index contributed by atoms with van der Waals surface area (Å²) in [5.74, 6) is 0.761. The summed E-state index contributed by atoms with van der Waals surface area (Å²) in [7, 11) is 3.07. The molecule has 0 spiro atoms. The number of methoxy groups -OCH3 is 2. The van der Waals surface area contributed by atoms with E-state index >= 15 is 0 Å². The van der Waals surface area contributed by atoms with Crippen molar-refractivity contribution in [2.45, 2.75) is 57.9 Å². The van der Waals surface area contributed by atoms with Crippen LogP contribution in [0.15, 0.2) is 12.1 Å². The van der Waals surface area contributed by atoms with Gasteiger partial charge in [-0.1, -0.05) is 12.8 Å². The fraction of sp³-hybridized carbons (Fsp3) is 0.652. The Morgan fingerprint density at radius 1 is 0.900 bits per heavy atom. The molecule has 7 heteroatoms. The first kappa shape index (κ1) is 22.4. The Kier molecular flexibility index (Phi) is 7.96. The Morgan fingerprint density at radius 2 is 1.43 bits per heavy atom. The van der Waals surface area contributed by atoms with E-state index < -0.39 is 12.0 Å². The van der Waals surface area contributed by atoms with Crippen molar-refractivity contribution in [1.29, 1.82) is 0 Å². The van der Waals surface area contributed by atoms with Gasteiger partial charge in [0.25, 0.3) is 0 Å². The van der Waals surface area contributed by atoms with Crippen LogP contribution in [-0.4, -0.2) is 68.1 Å². The van der Waals surface area contributed by atoms with Gasteiger partial charge in [-0.2, -0.15) is 0 Å². The second-order valence-corrected chi connectivity index (χ2v) is 8.18. The summed E-state index contributed by atoms with van der Waals surface area (Å²) in [4.78, 5) is 30.2. The normalized spacial score (nSPS) is 18.6. The number of ether oxygens (including phenoxy) is 3. The number of carbonyl (C=O) groups is 2. The summed E-state index contributed by atoms with van der Waals surface area (Å²) in [6, 6.07) is 3.01. The summed E-state index contributed by atoms with van der Waals surface area (Å²) in [6.07, 6.45) is 6.56. The van der Waals surface area contributed by atoms with Crippen molar-refractivity contribution in [1.82, 2.24) is 9.80 Å². The molecule has 7 nitrogen and oxygen atoms in total. The second-order valence-electron chi connectivity index (χ2n) is 8.18. The van der Waals surface area contributed by atoms with Gasteiger partial charge in [0.2, 0.25) is 11.7 Å². The Labute approximate surface area is 179 Å². The molecule has 0 aromatic heterocycles. The number of hydrogen-bond donors (Lipinski definition) is 0. The van der Waals surface area contributed by atoms with Gasteiger partial charge < -0.3 is 19.1 Å². The summed E-state index contributed by atoms with van der Waals surface area (Å²) in [5.41, 5.74) is 0.941. The fourth-order valence-electron chi connectivity index (χ4n) is 4.31. The predicted octanol–water partition coefficient (Wildman–Crippen LogP) is 3.17. The van der Waals surface area contributed by atoms with Crippen LogP contribution in [0, 0.1) is 6.92 Å². The van der Waals surface area contributed by atoms with Gasteiger partial charge in [-0.05, 0) is 63.4 Å². The number of aryl methyl sites for hydroxylation is 1. The van der Waals surface area contributed by atoms with Crippen LogP contribution in [0.4, 0.5) is 0 Å². The molecule has 2 saturated heterocycles. The van der Waals surface area contributed by atoms with E-state index in [0.717, 1.165) is 70.3 Å². The third-order valence-electron chi connectivity index (χ3n) is 5.99. The van der Waals surface area contributed by atoms with Crippen LogP contribution < -0.4 is 14.2 Å². The highest BCUT2D eigenvalue weighted by Gasteiger charge is 2.34. The highest BCUT2D eigenvalue weighted by Crippen LogP contribution is 2.39. The van der Waals surface area contributed by atoms with E-state index in [1.165, 1.54) is 14.2 Å². The van der Waals surface area contributed by atoms with Gasteiger partial charge in [0.1, 0.15) is 6.04 Å². The highest BCUT2D eigenvalue weighted by atomic mass is 16.6. The van der Waals surface area contributed by atoms with Gasteiger partial charge in [0.05, 0.1) is 20.6 Å². The number of benzene rings is 1. The zero-order valence-corrected chi connectivity index (χ0v) is 18.4. The van der Waals surface area contributed by atoms with E-state index in [2.05, 4.69) is 4.90 Å². The smallest absolute Gasteiger partial charge is 0.329 e. The third kappa shape index (κ3) is 5.45. The van der Waals surface area contributed by atoms with Crippen molar-refractivity contribution in [3.8, 4) is 17.2 Å². The fourth-order valence-corrected chi connectivity index (χ4v) is 4.31. The first-order valence-corrected chi connectivity index (χ1v) is 11.0. The number of likely N-dealkylation sites (tertiary alicyclic amines) is 2. The van der Waals surface area contributed by atoms with Crippen LogP contribution in [0.1, 0.15) is 50.5 Å². The molecule has 2 fully saturated rings. The average molecular weight is 419 g/mol. The molecule has 1 unspecified atom stereocenters. The van der Waals surface area contributed by atoms with Gasteiger partial charge in [0, 0.05) is 13.1 Å². The van der Waals surface area contributed by atoms with Crippen LogP contribution in [-0.2, 0) is 9.59 Å². The summed E-state index contributed by atoms with van der Waals surface area (Å²) in [5, 5.41) is 0. The van der Waals surface area contributed by atoms with Gasteiger partial charge in [-0.15, -0.1) is 0 Å². The number of nitrogens with zero attached hydrogens (tertiary/aromatic N) is 2. The van der Waals surface area contributed by atoms with Crippen molar-refractivity contribution in [3.63, 3.8) is 0 Å². The lowest BCUT2D eigenvalue weighted by atomic mass is 10.1. The third-order valence-corrected chi connectivity index (χ3v) is 5.99. The topological polar surface area (TPSA) is 68.3 Å². The number of hydrogen-bond acceptors (Lipinski definition) is 6. The molecular weight excluding hydrogens is 384 g/mol. The van der Waals surface area contributed by atoms with E-state index in [4.69, 9.17) is 14.2 Å². The zero-order valence-electron chi connectivity index (χ0n) is 18.4.